The molecule has 1 aromatic heterocycles. The number of nitrogens with one attached hydrogen (secondary N) is 2. The Bertz CT molecular complexity index is 1580. The summed E-state index contributed by atoms with van der Waals surface area (Å²) in [5.74, 6) is -5.38. The van der Waals surface area contributed by atoms with Crippen LogP contribution >= 0.6 is 11.6 Å². The van der Waals surface area contributed by atoms with Gasteiger partial charge in [-0.1, -0.05) is 23.7 Å². The monoisotopic (exact) mass is 605 g/mol. The zero-order valence-corrected chi connectivity index (χ0v) is 23.0. The number of hydrogen-bond acceptors (Lipinski definition) is 5. The first-order chi connectivity index (χ1) is 19.9. The summed E-state index contributed by atoms with van der Waals surface area (Å²) >= 11 is 5.79. The summed E-state index contributed by atoms with van der Waals surface area (Å²) in [6.07, 6.45) is 0.993. The highest BCUT2D eigenvalue weighted by atomic mass is 35.5. The van der Waals surface area contributed by atoms with Crippen LogP contribution in [0.15, 0.2) is 36.4 Å². The van der Waals surface area contributed by atoms with Gasteiger partial charge < -0.3 is 26.2 Å². The predicted molar refractivity (Wildman–Crippen MR) is 146 cm³/mol. The van der Waals surface area contributed by atoms with Crippen LogP contribution < -0.4 is 16.4 Å². The van der Waals surface area contributed by atoms with Gasteiger partial charge in [0.2, 0.25) is 11.8 Å². The first-order valence-corrected chi connectivity index (χ1v) is 13.5. The van der Waals surface area contributed by atoms with E-state index in [0.717, 1.165) is 4.90 Å². The molecular formula is C27H27ClF3N7O4. The number of nitrogens with two attached hydrogens (primary N) is 1. The minimum absolute atomic E-state index is 0.0657. The lowest BCUT2D eigenvalue weighted by molar-refractivity contribution is -0.137. The molecule has 0 unspecified atom stereocenters. The van der Waals surface area contributed by atoms with Gasteiger partial charge in [0.15, 0.2) is 5.69 Å². The molecule has 5 rings (SSSR count). The fraction of sp³-hybridized carbons (Fsp3) is 0.370. The average molecular weight is 606 g/mol. The molecule has 2 aliphatic rings. The molecule has 11 nitrogen and oxygen atoms in total. The summed E-state index contributed by atoms with van der Waals surface area (Å²) in [7, 11) is 0. The lowest BCUT2D eigenvalue weighted by Gasteiger charge is -2.22. The van der Waals surface area contributed by atoms with E-state index in [0.29, 0.717) is 18.4 Å². The quantitative estimate of drug-likeness (QED) is 0.344. The van der Waals surface area contributed by atoms with Gasteiger partial charge >= 0.3 is 6.03 Å². The number of carbonyl (C=O) groups is 4. The Morgan fingerprint density at radius 2 is 1.93 bits per heavy atom. The SMILES string of the molecule is NC(=O)c1nn(CC(=O)N(CC(=O)NCc2cccc(Cl)c2F)C2CC2)c2ccc(NC(=O)N3CCC(F)(F)C3)cc12. The predicted octanol–water partition coefficient (Wildman–Crippen LogP) is 3.11. The number of primary amides is 1. The standard InChI is InChI=1S/C27H27ClF3N7O4/c28-19-3-1-2-15(23(19)29)11-33-21(39)12-37(17-5-6-17)22(40)13-38-20-7-4-16(10-18(20)24(35-38)25(32)41)34-26(42)36-9-8-27(30,31)14-36/h1-4,7,10,17H,5-6,8-9,11-14H2,(H2,32,41)(H,33,39)(H,34,42). The van der Waals surface area contributed by atoms with Crippen molar-refractivity contribution in [2.24, 2.45) is 5.73 Å². The highest BCUT2D eigenvalue weighted by Gasteiger charge is 2.40. The Morgan fingerprint density at radius 3 is 2.60 bits per heavy atom. The summed E-state index contributed by atoms with van der Waals surface area (Å²) in [6, 6.07) is 8.02. The minimum Gasteiger partial charge on any atom is -0.364 e. The fourth-order valence-corrected chi connectivity index (χ4v) is 4.98. The van der Waals surface area contributed by atoms with Crippen LogP contribution in [0.3, 0.4) is 0 Å². The normalized spacial score (nSPS) is 16.0. The minimum atomic E-state index is -2.95. The number of nitrogens with zero attached hydrogens (tertiary/aromatic N) is 4. The van der Waals surface area contributed by atoms with Crippen LogP contribution in [-0.4, -0.2) is 74.9 Å². The maximum Gasteiger partial charge on any atom is 0.322 e. The molecule has 0 radical (unpaired) electrons. The van der Waals surface area contributed by atoms with Crippen molar-refractivity contribution < 1.29 is 32.3 Å². The number of hydrogen-bond donors (Lipinski definition) is 3. The zero-order chi connectivity index (χ0) is 30.2. The van der Waals surface area contributed by atoms with Gasteiger partial charge in [0.25, 0.3) is 11.8 Å². The van der Waals surface area contributed by atoms with Crippen LogP contribution in [-0.2, 0) is 22.7 Å². The number of alkyl halides is 2. The van der Waals surface area contributed by atoms with Crippen molar-refractivity contribution in [3.8, 4) is 0 Å². The van der Waals surface area contributed by atoms with Gasteiger partial charge in [0.05, 0.1) is 23.6 Å². The highest BCUT2D eigenvalue weighted by molar-refractivity contribution is 6.30. The van der Waals surface area contributed by atoms with Gasteiger partial charge in [0, 0.05) is 42.2 Å². The second kappa shape index (κ2) is 11.5. The molecule has 0 spiro atoms. The molecule has 1 saturated carbocycles. The fourth-order valence-electron chi connectivity index (χ4n) is 4.79. The summed E-state index contributed by atoms with van der Waals surface area (Å²) in [4.78, 5) is 53.0. The van der Waals surface area contributed by atoms with Crippen LogP contribution in [0.25, 0.3) is 10.9 Å². The number of fused-ring (bicyclic) bond motifs is 1. The molecule has 1 saturated heterocycles. The second-order valence-corrected chi connectivity index (χ2v) is 10.7. The smallest absolute Gasteiger partial charge is 0.322 e. The number of benzene rings is 2. The van der Waals surface area contributed by atoms with Gasteiger partial charge in [-0.05, 0) is 37.1 Å². The van der Waals surface area contributed by atoms with E-state index in [-0.39, 0.29) is 59.6 Å². The van der Waals surface area contributed by atoms with Crippen LogP contribution in [0.4, 0.5) is 23.7 Å². The van der Waals surface area contributed by atoms with E-state index < -0.39 is 48.5 Å². The highest BCUT2D eigenvalue weighted by Crippen LogP contribution is 2.29. The Kier molecular flexibility index (Phi) is 7.99. The average Bonchev–Trinajstić information content (AvgIpc) is 3.62. The first kappa shape index (κ1) is 29.2. The zero-order valence-electron chi connectivity index (χ0n) is 22.2. The molecule has 3 aromatic rings. The topological polar surface area (TPSA) is 143 Å². The first-order valence-electron chi connectivity index (χ1n) is 13.1. The van der Waals surface area contributed by atoms with Crippen molar-refractivity contribution in [2.75, 3.05) is 25.0 Å². The lowest BCUT2D eigenvalue weighted by atomic mass is 10.2. The van der Waals surface area contributed by atoms with E-state index in [1.54, 1.807) is 6.07 Å². The number of anilines is 1. The molecule has 2 aromatic carbocycles. The number of carbonyl (C=O) groups excluding carboxylic acids is 4. The summed E-state index contributed by atoms with van der Waals surface area (Å²) in [5, 5.41) is 9.52. The number of rotatable bonds is 9. The third-order valence-electron chi connectivity index (χ3n) is 7.11. The van der Waals surface area contributed by atoms with Gasteiger partial charge in [-0.3, -0.25) is 19.1 Å². The number of halogens is 4. The van der Waals surface area contributed by atoms with Gasteiger partial charge in [-0.2, -0.15) is 5.10 Å². The molecule has 0 atom stereocenters. The van der Waals surface area contributed by atoms with Gasteiger partial charge in [0.1, 0.15) is 12.4 Å². The molecule has 2 fully saturated rings. The van der Waals surface area contributed by atoms with Crippen LogP contribution in [0.1, 0.15) is 35.3 Å². The van der Waals surface area contributed by atoms with Crippen LogP contribution in [0, 0.1) is 5.82 Å². The molecule has 42 heavy (non-hydrogen) atoms. The van der Waals surface area contributed by atoms with E-state index in [1.807, 2.05) is 0 Å². The second-order valence-electron chi connectivity index (χ2n) is 10.3. The number of urea groups is 1. The molecule has 1 aliphatic heterocycles. The Morgan fingerprint density at radius 1 is 1.17 bits per heavy atom. The van der Waals surface area contributed by atoms with Gasteiger partial charge in [-0.25, -0.2) is 18.0 Å². The van der Waals surface area contributed by atoms with E-state index in [1.165, 1.54) is 39.9 Å². The largest absolute Gasteiger partial charge is 0.364 e. The molecule has 5 amide bonds. The van der Waals surface area contributed by atoms with Gasteiger partial charge in [-0.15, -0.1) is 0 Å². The van der Waals surface area contributed by atoms with E-state index >= 15 is 0 Å². The van der Waals surface area contributed by atoms with E-state index in [4.69, 9.17) is 17.3 Å². The van der Waals surface area contributed by atoms with Crippen molar-refractivity contribution in [1.29, 1.82) is 0 Å². The maximum atomic E-state index is 14.2. The van der Waals surface area contributed by atoms with Crippen molar-refractivity contribution >= 4 is 51.9 Å². The number of likely N-dealkylation sites (tertiary alicyclic amines) is 1. The number of amides is 5. The maximum absolute atomic E-state index is 14.2. The molecule has 222 valence electrons. The lowest BCUT2D eigenvalue weighted by Crippen LogP contribution is -2.43. The Hall–Kier alpha value is -4.33. The van der Waals surface area contributed by atoms with Crippen molar-refractivity contribution in [2.45, 2.75) is 44.3 Å². The summed E-state index contributed by atoms with van der Waals surface area (Å²) in [5.41, 5.74) is 6.15. The molecule has 2 heterocycles. The third kappa shape index (κ3) is 6.43. The molecule has 4 N–H and O–H groups in total. The number of aromatic nitrogens is 2. The Balaban J connectivity index is 1.28. The molecular weight excluding hydrogens is 579 g/mol. The van der Waals surface area contributed by atoms with Crippen molar-refractivity contribution in [3.63, 3.8) is 0 Å². The third-order valence-corrected chi connectivity index (χ3v) is 7.40. The van der Waals surface area contributed by atoms with E-state index in [9.17, 15) is 32.3 Å². The van der Waals surface area contributed by atoms with Crippen LogP contribution in [0.2, 0.25) is 5.02 Å². The molecule has 15 heteroatoms. The van der Waals surface area contributed by atoms with Crippen molar-refractivity contribution in [1.82, 2.24) is 24.9 Å². The Labute approximate surface area is 242 Å². The summed E-state index contributed by atoms with van der Waals surface area (Å²) in [6.45, 7) is -1.48. The molecule has 1 aliphatic carbocycles. The van der Waals surface area contributed by atoms with Crippen molar-refractivity contribution in [3.05, 3.63) is 58.5 Å². The summed E-state index contributed by atoms with van der Waals surface area (Å²) < 4.78 is 42.5. The van der Waals surface area contributed by atoms with E-state index in [2.05, 4.69) is 15.7 Å². The van der Waals surface area contributed by atoms with Crippen LogP contribution in [0.5, 0.6) is 0 Å². The molecule has 0 bridgehead atoms.